The molecular weight excluding hydrogens is 447 g/mol. The van der Waals surface area contributed by atoms with Crippen LogP contribution in [0.3, 0.4) is 0 Å². The first kappa shape index (κ1) is 27.8. The van der Waals surface area contributed by atoms with Crippen molar-refractivity contribution in [1.29, 1.82) is 0 Å². The molecule has 1 heterocycles. The molecule has 0 saturated heterocycles. The van der Waals surface area contributed by atoms with E-state index in [1.807, 2.05) is 36.7 Å². The monoisotopic (exact) mass is 490 g/mol. The summed E-state index contributed by atoms with van der Waals surface area (Å²) in [7, 11) is 0. The zero-order valence-corrected chi connectivity index (χ0v) is 22.2. The zero-order chi connectivity index (χ0) is 25.4. The summed E-state index contributed by atoms with van der Waals surface area (Å²) >= 11 is 0. The number of aromatic nitrogens is 2. The van der Waals surface area contributed by atoms with Crippen molar-refractivity contribution in [2.75, 3.05) is 6.61 Å². The molecule has 194 valence electrons. The number of nitrogens with zero attached hydrogens (tertiary/aromatic N) is 2. The van der Waals surface area contributed by atoms with Crippen LogP contribution in [0.4, 0.5) is 4.39 Å². The molecule has 3 nitrogen and oxygen atoms in total. The molecule has 36 heavy (non-hydrogen) atoms. The number of halogens is 1. The van der Waals surface area contributed by atoms with E-state index in [1.54, 1.807) is 0 Å². The van der Waals surface area contributed by atoms with Crippen molar-refractivity contribution < 1.29 is 9.13 Å². The van der Waals surface area contributed by atoms with E-state index in [-0.39, 0.29) is 6.61 Å². The summed E-state index contributed by atoms with van der Waals surface area (Å²) in [4.78, 5) is 9.15. The average Bonchev–Trinajstić information content (AvgIpc) is 2.92. The number of ether oxygens (including phenoxy) is 1. The third-order valence-electron chi connectivity index (χ3n) is 6.67. The predicted molar refractivity (Wildman–Crippen MR) is 149 cm³/mol. The van der Waals surface area contributed by atoms with Gasteiger partial charge in [0, 0.05) is 23.5 Å². The van der Waals surface area contributed by atoms with Gasteiger partial charge in [0.15, 0.2) is 5.82 Å². The Balaban J connectivity index is 1.45. The highest BCUT2D eigenvalue weighted by atomic mass is 19.1. The summed E-state index contributed by atoms with van der Waals surface area (Å²) in [6.07, 6.45) is 16.8. The first-order valence-electron chi connectivity index (χ1n) is 14.0. The highest BCUT2D eigenvalue weighted by molar-refractivity contribution is 5.64. The van der Waals surface area contributed by atoms with Crippen molar-refractivity contribution in [2.24, 2.45) is 0 Å². The maximum Gasteiger partial charge on any atom is 0.159 e. The molecule has 0 aliphatic heterocycles. The number of hydrogen-bond donors (Lipinski definition) is 0. The summed E-state index contributed by atoms with van der Waals surface area (Å²) in [6, 6.07) is 16.3. The number of aryl methyl sites for hydroxylation is 1. The Morgan fingerprint density at radius 2 is 1.25 bits per heavy atom. The molecule has 3 aromatic rings. The number of alkyl halides is 1. The topological polar surface area (TPSA) is 35.0 Å². The molecule has 1 aromatic heterocycles. The number of hydrogen-bond acceptors (Lipinski definition) is 3. The second-order valence-electron chi connectivity index (χ2n) is 9.79. The van der Waals surface area contributed by atoms with Crippen LogP contribution in [-0.2, 0) is 6.42 Å². The smallest absolute Gasteiger partial charge is 0.159 e. The van der Waals surface area contributed by atoms with E-state index >= 15 is 0 Å². The Hall–Kier alpha value is -2.75. The Morgan fingerprint density at radius 1 is 0.667 bits per heavy atom. The van der Waals surface area contributed by atoms with Crippen LogP contribution < -0.4 is 4.74 Å². The second kappa shape index (κ2) is 16.1. The first-order chi connectivity index (χ1) is 17.7. The fourth-order valence-electron chi connectivity index (χ4n) is 4.36. The van der Waals surface area contributed by atoms with Crippen LogP contribution >= 0.6 is 0 Å². The van der Waals surface area contributed by atoms with Gasteiger partial charge in [-0.15, -0.1) is 0 Å². The van der Waals surface area contributed by atoms with Gasteiger partial charge in [0.1, 0.15) is 18.5 Å². The third-order valence-corrected chi connectivity index (χ3v) is 6.67. The lowest BCUT2D eigenvalue weighted by Crippen LogP contribution is -2.12. The van der Waals surface area contributed by atoms with Crippen LogP contribution in [0.5, 0.6) is 5.75 Å². The molecule has 2 aromatic carbocycles. The predicted octanol–water partition coefficient (Wildman–Crippen LogP) is 9.40. The molecule has 0 spiro atoms. The molecule has 3 rings (SSSR count). The minimum absolute atomic E-state index is 0.107. The largest absolute Gasteiger partial charge is 0.491 e. The zero-order valence-electron chi connectivity index (χ0n) is 22.2. The number of rotatable bonds is 17. The third kappa shape index (κ3) is 9.72. The molecule has 1 atom stereocenters. The lowest BCUT2D eigenvalue weighted by atomic mass is 10.0. The van der Waals surface area contributed by atoms with E-state index in [2.05, 4.69) is 48.1 Å². The molecule has 0 aliphatic rings. The Bertz CT molecular complexity index is 971. The van der Waals surface area contributed by atoms with Crippen LogP contribution in [0.15, 0.2) is 60.9 Å². The van der Waals surface area contributed by atoms with E-state index in [0.717, 1.165) is 36.0 Å². The van der Waals surface area contributed by atoms with E-state index in [0.29, 0.717) is 18.0 Å². The maximum absolute atomic E-state index is 14.1. The molecule has 0 amide bonds. The summed E-state index contributed by atoms with van der Waals surface area (Å²) in [5.74, 6) is 1.35. The molecule has 1 unspecified atom stereocenters. The van der Waals surface area contributed by atoms with Crippen molar-refractivity contribution in [2.45, 2.75) is 97.1 Å². The van der Waals surface area contributed by atoms with Crippen molar-refractivity contribution in [3.63, 3.8) is 0 Å². The minimum atomic E-state index is -0.915. The van der Waals surface area contributed by atoms with Gasteiger partial charge in [-0.2, -0.15) is 0 Å². The molecule has 0 saturated carbocycles. The van der Waals surface area contributed by atoms with Gasteiger partial charge in [-0.3, -0.25) is 0 Å². The summed E-state index contributed by atoms with van der Waals surface area (Å²) in [5, 5.41) is 0. The van der Waals surface area contributed by atoms with Crippen molar-refractivity contribution in [3.8, 4) is 28.3 Å². The summed E-state index contributed by atoms with van der Waals surface area (Å²) in [5.41, 5.74) is 4.45. The van der Waals surface area contributed by atoms with Gasteiger partial charge in [0.2, 0.25) is 0 Å². The lowest BCUT2D eigenvalue weighted by Gasteiger charge is -2.11. The van der Waals surface area contributed by atoms with E-state index in [4.69, 9.17) is 4.74 Å². The van der Waals surface area contributed by atoms with Crippen LogP contribution in [0.25, 0.3) is 22.5 Å². The summed E-state index contributed by atoms with van der Waals surface area (Å²) < 4.78 is 19.7. The average molecular weight is 491 g/mol. The highest BCUT2D eigenvalue weighted by Gasteiger charge is 2.09. The van der Waals surface area contributed by atoms with Crippen LogP contribution in [0, 0.1) is 0 Å². The van der Waals surface area contributed by atoms with Gasteiger partial charge in [-0.05, 0) is 54.7 Å². The van der Waals surface area contributed by atoms with Crippen molar-refractivity contribution in [3.05, 3.63) is 66.5 Å². The normalized spacial score (nSPS) is 12.0. The second-order valence-corrected chi connectivity index (χ2v) is 9.79. The quantitative estimate of drug-likeness (QED) is 0.177. The molecule has 0 bridgehead atoms. The SMILES string of the molecule is CCCCCCCc1ccc(-c2cnc(-c3ccc(OCC(F)CCCCCCC)cc3)nc2)cc1. The van der Waals surface area contributed by atoms with E-state index in [9.17, 15) is 4.39 Å². The van der Waals surface area contributed by atoms with Gasteiger partial charge in [0.05, 0.1) is 0 Å². The van der Waals surface area contributed by atoms with Crippen molar-refractivity contribution in [1.82, 2.24) is 9.97 Å². The van der Waals surface area contributed by atoms with E-state index in [1.165, 1.54) is 56.9 Å². The fourth-order valence-corrected chi connectivity index (χ4v) is 4.36. The van der Waals surface area contributed by atoms with Crippen LogP contribution in [-0.4, -0.2) is 22.7 Å². The van der Waals surface area contributed by atoms with Gasteiger partial charge < -0.3 is 4.74 Å². The molecule has 0 N–H and O–H groups in total. The van der Waals surface area contributed by atoms with Gasteiger partial charge in [0.25, 0.3) is 0 Å². The minimum Gasteiger partial charge on any atom is -0.491 e. The first-order valence-corrected chi connectivity index (χ1v) is 14.0. The lowest BCUT2D eigenvalue weighted by molar-refractivity contribution is 0.184. The molecule has 0 fully saturated rings. The van der Waals surface area contributed by atoms with Gasteiger partial charge >= 0.3 is 0 Å². The molecule has 4 heteroatoms. The molecule has 0 radical (unpaired) electrons. The summed E-state index contributed by atoms with van der Waals surface area (Å²) in [6.45, 7) is 4.55. The Morgan fingerprint density at radius 3 is 1.89 bits per heavy atom. The van der Waals surface area contributed by atoms with Gasteiger partial charge in [-0.1, -0.05) is 95.9 Å². The number of benzene rings is 2. The standard InChI is InChI=1S/C32H43FN2O/c1-3-5-7-9-11-13-26-15-17-27(18-16-26)29-23-34-32(35-24-29)28-19-21-31(22-20-28)36-25-30(33)14-12-10-8-6-4-2/h15-24,30H,3-14,25H2,1-2H3. The van der Waals surface area contributed by atoms with Crippen LogP contribution in [0.1, 0.15) is 90.0 Å². The van der Waals surface area contributed by atoms with Crippen molar-refractivity contribution >= 4 is 0 Å². The maximum atomic E-state index is 14.1. The van der Waals surface area contributed by atoms with E-state index < -0.39 is 6.17 Å². The molecular formula is C32H43FN2O. The highest BCUT2D eigenvalue weighted by Crippen LogP contribution is 2.23. The number of unbranched alkanes of at least 4 members (excludes halogenated alkanes) is 8. The Kier molecular flexibility index (Phi) is 12.4. The molecule has 0 aliphatic carbocycles. The van der Waals surface area contributed by atoms with Crippen LogP contribution in [0.2, 0.25) is 0 Å². The Labute approximate surface area is 217 Å². The van der Waals surface area contributed by atoms with Gasteiger partial charge in [-0.25, -0.2) is 14.4 Å². The fraction of sp³-hybridized carbons (Fsp3) is 0.500.